The summed E-state index contributed by atoms with van der Waals surface area (Å²) < 4.78 is 26.5. The first-order chi connectivity index (χ1) is 9.97. The number of nitrogens with one attached hydrogen (secondary N) is 1. The zero-order valence-electron chi connectivity index (χ0n) is 12.0. The lowest BCUT2D eigenvalue weighted by atomic mass is 10.0. The lowest BCUT2D eigenvalue weighted by Gasteiger charge is -2.09. The Labute approximate surface area is 122 Å². The highest BCUT2D eigenvalue weighted by atomic mass is 19.1. The zero-order valence-corrected chi connectivity index (χ0v) is 12.0. The highest BCUT2D eigenvalue weighted by molar-refractivity contribution is 5.94. The molecule has 2 aromatic rings. The number of benzene rings is 2. The van der Waals surface area contributed by atoms with Gasteiger partial charge >= 0.3 is 0 Å². The second kappa shape index (κ2) is 6.48. The van der Waals surface area contributed by atoms with Gasteiger partial charge in [0.2, 0.25) is 0 Å². The first-order valence-corrected chi connectivity index (χ1v) is 6.79. The van der Waals surface area contributed by atoms with Gasteiger partial charge in [-0.1, -0.05) is 38.1 Å². The number of amides is 1. The normalized spacial score (nSPS) is 10.7. The van der Waals surface area contributed by atoms with Gasteiger partial charge < -0.3 is 5.32 Å². The summed E-state index contributed by atoms with van der Waals surface area (Å²) in [4.78, 5) is 11.8. The molecule has 0 aliphatic rings. The Balaban J connectivity index is 2.02. The maximum absolute atomic E-state index is 13.5. The molecule has 1 amide bonds. The number of hydrogen-bond donors (Lipinski definition) is 1. The smallest absolute Gasteiger partial charge is 0.254 e. The fraction of sp³-hybridized carbons (Fsp3) is 0.235. The second-order valence-corrected chi connectivity index (χ2v) is 5.20. The van der Waals surface area contributed by atoms with E-state index in [-0.39, 0.29) is 12.1 Å². The van der Waals surface area contributed by atoms with Gasteiger partial charge in [0, 0.05) is 6.54 Å². The van der Waals surface area contributed by atoms with Crippen LogP contribution in [-0.2, 0) is 6.54 Å². The van der Waals surface area contributed by atoms with Crippen molar-refractivity contribution in [1.29, 1.82) is 0 Å². The average molecular weight is 289 g/mol. The molecular weight excluding hydrogens is 272 g/mol. The van der Waals surface area contributed by atoms with Crippen LogP contribution in [0.2, 0.25) is 0 Å². The quantitative estimate of drug-likeness (QED) is 0.905. The van der Waals surface area contributed by atoms with Crippen LogP contribution in [0.5, 0.6) is 0 Å². The Hall–Kier alpha value is -2.23. The first-order valence-electron chi connectivity index (χ1n) is 6.79. The summed E-state index contributed by atoms with van der Waals surface area (Å²) in [7, 11) is 0. The van der Waals surface area contributed by atoms with E-state index in [1.165, 1.54) is 5.56 Å². The highest BCUT2D eigenvalue weighted by Crippen LogP contribution is 2.15. The minimum Gasteiger partial charge on any atom is -0.348 e. The van der Waals surface area contributed by atoms with Crippen molar-refractivity contribution in [2.45, 2.75) is 26.3 Å². The van der Waals surface area contributed by atoms with Crippen molar-refractivity contribution in [2.24, 2.45) is 0 Å². The predicted octanol–water partition coefficient (Wildman–Crippen LogP) is 4.02. The minimum absolute atomic E-state index is 0.271. The predicted molar refractivity (Wildman–Crippen MR) is 78.1 cm³/mol. The van der Waals surface area contributed by atoms with E-state index >= 15 is 0 Å². The summed E-state index contributed by atoms with van der Waals surface area (Å²) in [6.07, 6.45) is 0. The van der Waals surface area contributed by atoms with Crippen LogP contribution in [0.25, 0.3) is 0 Å². The zero-order chi connectivity index (χ0) is 15.4. The van der Waals surface area contributed by atoms with Crippen molar-refractivity contribution in [3.63, 3.8) is 0 Å². The average Bonchev–Trinajstić information content (AvgIpc) is 2.47. The number of halogens is 2. The fourth-order valence-corrected chi connectivity index (χ4v) is 1.97. The first kappa shape index (κ1) is 15.2. The van der Waals surface area contributed by atoms with Crippen LogP contribution < -0.4 is 5.32 Å². The Morgan fingerprint density at radius 1 is 1.10 bits per heavy atom. The number of carbonyl (C=O) groups excluding carboxylic acids is 1. The van der Waals surface area contributed by atoms with Gasteiger partial charge in [-0.15, -0.1) is 0 Å². The Morgan fingerprint density at radius 3 is 2.38 bits per heavy atom. The highest BCUT2D eigenvalue weighted by Gasteiger charge is 2.12. The lowest BCUT2D eigenvalue weighted by Crippen LogP contribution is -2.24. The summed E-state index contributed by atoms with van der Waals surface area (Å²) in [6, 6.07) is 10.6. The Kier molecular flexibility index (Phi) is 4.68. The van der Waals surface area contributed by atoms with E-state index < -0.39 is 17.5 Å². The van der Waals surface area contributed by atoms with Crippen LogP contribution in [-0.4, -0.2) is 5.91 Å². The van der Waals surface area contributed by atoms with E-state index in [2.05, 4.69) is 19.2 Å². The van der Waals surface area contributed by atoms with Crippen molar-refractivity contribution in [3.05, 3.63) is 70.8 Å². The summed E-state index contributed by atoms with van der Waals surface area (Å²) in [5.74, 6) is -1.55. The van der Waals surface area contributed by atoms with Gasteiger partial charge in [0.25, 0.3) is 5.91 Å². The molecule has 2 rings (SSSR count). The van der Waals surface area contributed by atoms with Crippen molar-refractivity contribution >= 4 is 5.91 Å². The third-order valence-electron chi connectivity index (χ3n) is 3.27. The third kappa shape index (κ3) is 3.88. The van der Waals surface area contributed by atoms with Crippen molar-refractivity contribution in [3.8, 4) is 0 Å². The number of hydrogen-bond acceptors (Lipinski definition) is 1. The molecule has 2 nitrogen and oxygen atoms in total. The van der Waals surface area contributed by atoms with E-state index in [1.807, 2.05) is 24.3 Å². The molecule has 0 saturated heterocycles. The van der Waals surface area contributed by atoms with Gasteiger partial charge in [0.15, 0.2) is 0 Å². The molecule has 21 heavy (non-hydrogen) atoms. The van der Waals surface area contributed by atoms with Crippen LogP contribution in [0.15, 0.2) is 42.5 Å². The molecule has 0 unspecified atom stereocenters. The van der Waals surface area contributed by atoms with Crippen molar-refractivity contribution in [2.75, 3.05) is 0 Å². The molecular formula is C17H17F2NO. The fourth-order valence-electron chi connectivity index (χ4n) is 1.97. The Bertz CT molecular complexity index is 636. The van der Waals surface area contributed by atoms with Crippen molar-refractivity contribution in [1.82, 2.24) is 5.32 Å². The minimum atomic E-state index is -0.732. The summed E-state index contributed by atoms with van der Waals surface area (Å²) >= 11 is 0. The molecule has 4 heteroatoms. The molecule has 0 bridgehead atoms. The van der Waals surface area contributed by atoms with Crippen molar-refractivity contribution < 1.29 is 13.6 Å². The van der Waals surface area contributed by atoms with Crippen LogP contribution in [0, 0.1) is 11.6 Å². The number of carbonyl (C=O) groups is 1. The van der Waals surface area contributed by atoms with Crippen LogP contribution >= 0.6 is 0 Å². The van der Waals surface area contributed by atoms with Crippen LogP contribution in [0.4, 0.5) is 8.78 Å². The maximum atomic E-state index is 13.5. The molecule has 0 saturated carbocycles. The molecule has 0 radical (unpaired) electrons. The van der Waals surface area contributed by atoms with E-state index in [4.69, 9.17) is 0 Å². The number of rotatable bonds is 4. The molecule has 0 atom stereocenters. The van der Waals surface area contributed by atoms with Gasteiger partial charge in [-0.05, 0) is 35.2 Å². The van der Waals surface area contributed by atoms with E-state index in [1.54, 1.807) is 0 Å². The lowest BCUT2D eigenvalue weighted by molar-refractivity contribution is 0.0946. The SMILES string of the molecule is CC(C)c1ccc(CNC(=O)c2cc(F)ccc2F)cc1. The summed E-state index contributed by atoms with van der Waals surface area (Å²) in [5.41, 5.74) is 1.83. The van der Waals surface area contributed by atoms with E-state index in [9.17, 15) is 13.6 Å². The summed E-state index contributed by atoms with van der Waals surface area (Å²) in [5, 5.41) is 2.59. The molecule has 0 aromatic heterocycles. The maximum Gasteiger partial charge on any atom is 0.254 e. The van der Waals surface area contributed by atoms with E-state index in [0.29, 0.717) is 5.92 Å². The molecule has 0 fully saturated rings. The largest absolute Gasteiger partial charge is 0.348 e. The molecule has 1 N–H and O–H groups in total. The molecule has 0 heterocycles. The standard InChI is InChI=1S/C17H17F2NO/c1-11(2)13-5-3-12(4-6-13)10-20-17(21)15-9-14(18)7-8-16(15)19/h3-9,11H,10H2,1-2H3,(H,20,21). The molecule has 110 valence electrons. The second-order valence-electron chi connectivity index (χ2n) is 5.20. The Morgan fingerprint density at radius 2 is 1.76 bits per heavy atom. The molecule has 0 spiro atoms. The summed E-state index contributed by atoms with van der Waals surface area (Å²) in [6.45, 7) is 4.47. The van der Waals surface area contributed by atoms with Gasteiger partial charge in [0.05, 0.1) is 5.56 Å². The molecule has 0 aliphatic heterocycles. The van der Waals surface area contributed by atoms with Gasteiger partial charge in [-0.3, -0.25) is 4.79 Å². The van der Waals surface area contributed by atoms with Gasteiger partial charge in [-0.25, -0.2) is 8.78 Å². The van der Waals surface area contributed by atoms with Crippen LogP contribution in [0.3, 0.4) is 0 Å². The van der Waals surface area contributed by atoms with Crippen LogP contribution in [0.1, 0.15) is 41.3 Å². The van der Waals surface area contributed by atoms with Gasteiger partial charge in [0.1, 0.15) is 11.6 Å². The molecule has 2 aromatic carbocycles. The van der Waals surface area contributed by atoms with Gasteiger partial charge in [-0.2, -0.15) is 0 Å². The monoisotopic (exact) mass is 289 g/mol. The third-order valence-corrected chi connectivity index (χ3v) is 3.27. The topological polar surface area (TPSA) is 29.1 Å². The van der Waals surface area contributed by atoms with E-state index in [0.717, 1.165) is 23.8 Å². The molecule has 0 aliphatic carbocycles.